The van der Waals surface area contributed by atoms with Crippen LogP contribution in [-0.4, -0.2) is 50.3 Å². The lowest BCUT2D eigenvalue weighted by atomic mass is 10.1. The van der Waals surface area contributed by atoms with Gasteiger partial charge in [-0.05, 0) is 6.42 Å². The summed E-state index contributed by atoms with van der Waals surface area (Å²) in [7, 11) is 0. The number of aliphatic hydroxyl groups excluding tert-OH is 1. The zero-order valence-corrected chi connectivity index (χ0v) is 14.4. The van der Waals surface area contributed by atoms with E-state index in [-0.39, 0.29) is 0 Å². The van der Waals surface area contributed by atoms with Crippen molar-refractivity contribution in [1.29, 1.82) is 0 Å². The van der Waals surface area contributed by atoms with Crippen LogP contribution < -0.4 is 0 Å². The summed E-state index contributed by atoms with van der Waals surface area (Å²) in [5.41, 5.74) is 0. The molecule has 2 atom stereocenters. The minimum atomic E-state index is 0.372. The van der Waals surface area contributed by atoms with E-state index in [9.17, 15) is 0 Å². The highest BCUT2D eigenvalue weighted by atomic mass is 16.6. The van der Waals surface area contributed by atoms with Crippen LogP contribution in [0.2, 0.25) is 0 Å². The number of rotatable bonds is 14. The van der Waals surface area contributed by atoms with E-state index in [0.29, 0.717) is 18.8 Å². The zero-order valence-electron chi connectivity index (χ0n) is 14.4. The van der Waals surface area contributed by atoms with Crippen LogP contribution in [0, 0.1) is 0 Å². The van der Waals surface area contributed by atoms with Crippen LogP contribution in [0.1, 0.15) is 71.1 Å². The number of epoxide rings is 2. The Balaban J connectivity index is 0.000000231. The molecule has 2 aliphatic rings. The van der Waals surface area contributed by atoms with Gasteiger partial charge < -0.3 is 19.3 Å². The van der Waals surface area contributed by atoms with E-state index < -0.39 is 0 Å². The summed E-state index contributed by atoms with van der Waals surface area (Å²) in [6.07, 6.45) is 14.1. The highest BCUT2D eigenvalue weighted by molar-refractivity contribution is 4.71. The van der Waals surface area contributed by atoms with Crippen molar-refractivity contribution in [3.63, 3.8) is 0 Å². The van der Waals surface area contributed by atoms with Gasteiger partial charge in [0.1, 0.15) is 12.2 Å². The van der Waals surface area contributed by atoms with Crippen molar-refractivity contribution in [1.82, 2.24) is 0 Å². The van der Waals surface area contributed by atoms with Gasteiger partial charge in [-0.15, -0.1) is 0 Å². The molecule has 4 nitrogen and oxygen atoms in total. The molecular formula is C18H36O4. The Bertz CT molecular complexity index is 205. The van der Waals surface area contributed by atoms with E-state index in [1.165, 1.54) is 57.8 Å². The molecule has 0 amide bonds. The van der Waals surface area contributed by atoms with Crippen molar-refractivity contribution < 1.29 is 19.3 Å². The monoisotopic (exact) mass is 316 g/mol. The summed E-state index contributed by atoms with van der Waals surface area (Å²) in [6, 6.07) is 0. The average Bonchev–Trinajstić information content (AvgIpc) is 3.41. The van der Waals surface area contributed by atoms with E-state index in [1.807, 2.05) is 0 Å². The van der Waals surface area contributed by atoms with Gasteiger partial charge in [-0.3, -0.25) is 0 Å². The van der Waals surface area contributed by atoms with Crippen LogP contribution in [0.15, 0.2) is 0 Å². The Morgan fingerprint density at radius 2 is 1.18 bits per heavy atom. The second-order valence-corrected chi connectivity index (χ2v) is 6.35. The van der Waals surface area contributed by atoms with Crippen molar-refractivity contribution in [3.8, 4) is 0 Å². The van der Waals surface area contributed by atoms with Crippen LogP contribution >= 0.6 is 0 Å². The summed E-state index contributed by atoms with van der Waals surface area (Å²) in [4.78, 5) is 0. The molecule has 0 aromatic heterocycles. The standard InChI is InChI=1S/C12H26O.C6H10O3/c1-2-3-4-5-6-7-8-9-10-11-12-13;1(5-3-8-5)7-2-6-4-9-6/h13H,2-12H2,1H3;5-6H,1-4H2. The third-order valence-electron chi connectivity index (χ3n) is 3.92. The summed E-state index contributed by atoms with van der Waals surface area (Å²) in [5.74, 6) is 0. The van der Waals surface area contributed by atoms with Crippen molar-refractivity contribution in [2.45, 2.75) is 83.3 Å². The molecule has 0 radical (unpaired) electrons. The fourth-order valence-electron chi connectivity index (χ4n) is 2.26. The Morgan fingerprint density at radius 3 is 1.55 bits per heavy atom. The molecule has 2 aliphatic heterocycles. The Morgan fingerprint density at radius 1 is 0.773 bits per heavy atom. The Labute approximate surface area is 136 Å². The maximum absolute atomic E-state index is 8.57. The van der Waals surface area contributed by atoms with E-state index in [4.69, 9.17) is 19.3 Å². The fraction of sp³-hybridized carbons (Fsp3) is 1.00. The molecule has 2 fully saturated rings. The number of ether oxygens (including phenoxy) is 3. The highest BCUT2D eigenvalue weighted by Crippen LogP contribution is 2.12. The minimum Gasteiger partial charge on any atom is -0.396 e. The largest absolute Gasteiger partial charge is 0.396 e. The molecule has 2 heterocycles. The molecule has 0 aliphatic carbocycles. The van der Waals surface area contributed by atoms with Gasteiger partial charge in [-0.25, -0.2) is 0 Å². The lowest BCUT2D eigenvalue weighted by Crippen LogP contribution is -2.06. The number of unbranched alkanes of at least 4 members (excludes halogenated alkanes) is 9. The summed E-state index contributed by atoms with van der Waals surface area (Å²) < 4.78 is 15.1. The molecule has 132 valence electrons. The first kappa shape index (κ1) is 19.9. The van der Waals surface area contributed by atoms with Crippen molar-refractivity contribution >= 4 is 0 Å². The molecule has 0 aromatic rings. The molecule has 0 spiro atoms. The zero-order chi connectivity index (χ0) is 15.9. The van der Waals surface area contributed by atoms with Crippen molar-refractivity contribution in [2.75, 3.05) is 33.0 Å². The van der Waals surface area contributed by atoms with Gasteiger partial charge in [0, 0.05) is 6.61 Å². The first-order chi connectivity index (χ1) is 10.9. The van der Waals surface area contributed by atoms with Crippen LogP contribution in [0.4, 0.5) is 0 Å². The van der Waals surface area contributed by atoms with Crippen molar-refractivity contribution in [2.24, 2.45) is 0 Å². The van der Waals surface area contributed by atoms with Gasteiger partial charge in [0.2, 0.25) is 0 Å². The molecule has 2 saturated heterocycles. The number of hydrogen-bond acceptors (Lipinski definition) is 4. The van der Waals surface area contributed by atoms with Gasteiger partial charge in [0.15, 0.2) is 0 Å². The van der Waals surface area contributed by atoms with Crippen LogP contribution in [0.25, 0.3) is 0 Å². The lowest BCUT2D eigenvalue weighted by molar-refractivity contribution is 0.102. The highest BCUT2D eigenvalue weighted by Gasteiger charge is 2.26. The second-order valence-electron chi connectivity index (χ2n) is 6.35. The van der Waals surface area contributed by atoms with Gasteiger partial charge in [0.05, 0.1) is 26.4 Å². The van der Waals surface area contributed by atoms with Crippen molar-refractivity contribution in [3.05, 3.63) is 0 Å². The smallest absolute Gasteiger partial charge is 0.104 e. The topological polar surface area (TPSA) is 54.5 Å². The van der Waals surface area contributed by atoms with Crippen LogP contribution in [0.3, 0.4) is 0 Å². The lowest BCUT2D eigenvalue weighted by Gasteiger charge is -2.00. The number of aliphatic hydroxyl groups is 1. The predicted molar refractivity (Wildman–Crippen MR) is 89.2 cm³/mol. The molecule has 0 saturated carbocycles. The molecule has 4 heteroatoms. The van der Waals surface area contributed by atoms with Gasteiger partial charge in [-0.2, -0.15) is 0 Å². The summed E-state index contributed by atoms with van der Waals surface area (Å²) >= 11 is 0. The average molecular weight is 316 g/mol. The summed E-state index contributed by atoms with van der Waals surface area (Å²) in [6.45, 7) is 5.89. The quantitative estimate of drug-likeness (QED) is 0.392. The first-order valence-corrected chi connectivity index (χ1v) is 9.28. The summed E-state index contributed by atoms with van der Waals surface area (Å²) in [5, 5.41) is 8.57. The minimum absolute atomic E-state index is 0.372. The van der Waals surface area contributed by atoms with E-state index in [0.717, 1.165) is 32.8 Å². The molecule has 2 rings (SSSR count). The van der Waals surface area contributed by atoms with Crippen LogP contribution in [-0.2, 0) is 14.2 Å². The fourth-order valence-corrected chi connectivity index (χ4v) is 2.26. The molecule has 0 bridgehead atoms. The Hall–Kier alpha value is -0.160. The molecule has 22 heavy (non-hydrogen) atoms. The van der Waals surface area contributed by atoms with Gasteiger partial charge in [-0.1, -0.05) is 64.7 Å². The molecule has 2 unspecified atom stereocenters. The number of hydrogen-bond donors (Lipinski definition) is 1. The third-order valence-corrected chi connectivity index (χ3v) is 3.92. The maximum atomic E-state index is 8.57. The van der Waals surface area contributed by atoms with Gasteiger partial charge in [0.25, 0.3) is 0 Å². The van der Waals surface area contributed by atoms with E-state index in [1.54, 1.807) is 0 Å². The Kier molecular flexibility index (Phi) is 13.0. The molecule has 0 aromatic carbocycles. The van der Waals surface area contributed by atoms with E-state index in [2.05, 4.69) is 6.92 Å². The van der Waals surface area contributed by atoms with E-state index >= 15 is 0 Å². The SMILES string of the molecule is C(OCC1CO1)C1CO1.CCCCCCCCCCCCO. The normalized spacial score (nSPS) is 22.1. The second kappa shape index (κ2) is 14.4. The van der Waals surface area contributed by atoms with Crippen LogP contribution in [0.5, 0.6) is 0 Å². The molecular weight excluding hydrogens is 280 g/mol. The first-order valence-electron chi connectivity index (χ1n) is 9.28. The predicted octanol–water partition coefficient (Wildman–Crippen LogP) is 3.70. The molecule has 1 N–H and O–H groups in total. The van der Waals surface area contributed by atoms with Gasteiger partial charge >= 0.3 is 0 Å². The maximum Gasteiger partial charge on any atom is 0.104 e. The third kappa shape index (κ3) is 14.8.